The highest BCUT2D eigenvalue weighted by Gasteiger charge is 2.17. The molecule has 7 heteroatoms. The van der Waals surface area contributed by atoms with Gasteiger partial charge in [-0.15, -0.1) is 0 Å². The Balaban J connectivity index is 1.05. The lowest BCUT2D eigenvalue weighted by atomic mass is 10.2. The molecule has 0 aliphatic carbocycles. The van der Waals surface area contributed by atoms with Gasteiger partial charge in [-0.25, -0.2) is 9.37 Å². The van der Waals surface area contributed by atoms with E-state index >= 15 is 0 Å². The van der Waals surface area contributed by atoms with E-state index in [-0.39, 0.29) is 5.82 Å². The van der Waals surface area contributed by atoms with Crippen LogP contribution in [0.4, 0.5) is 4.39 Å². The highest BCUT2D eigenvalue weighted by atomic mass is 19.1. The van der Waals surface area contributed by atoms with Gasteiger partial charge in [0.25, 0.3) is 0 Å². The second kappa shape index (κ2) is 12.4. The number of hydrogen-bond donors (Lipinski definition) is 0. The summed E-state index contributed by atoms with van der Waals surface area (Å²) in [6.45, 7) is 7.25. The van der Waals surface area contributed by atoms with Gasteiger partial charge >= 0.3 is 0 Å². The van der Waals surface area contributed by atoms with Crippen LogP contribution in [-0.4, -0.2) is 63.7 Å². The van der Waals surface area contributed by atoms with Crippen molar-refractivity contribution in [2.75, 3.05) is 39.3 Å². The van der Waals surface area contributed by atoms with Crippen LogP contribution in [0.2, 0.25) is 0 Å². The van der Waals surface area contributed by atoms with Crippen molar-refractivity contribution >= 4 is 11.0 Å². The van der Waals surface area contributed by atoms with E-state index in [9.17, 15) is 4.39 Å². The summed E-state index contributed by atoms with van der Waals surface area (Å²) in [5, 5.41) is 0. The molecule has 3 heterocycles. The number of benzene rings is 3. The van der Waals surface area contributed by atoms with Crippen molar-refractivity contribution in [2.45, 2.75) is 19.4 Å². The smallest absolute Gasteiger partial charge is 0.164 e. The van der Waals surface area contributed by atoms with Gasteiger partial charge in [0.15, 0.2) is 5.82 Å². The molecule has 6 rings (SSSR count). The predicted molar refractivity (Wildman–Crippen MR) is 157 cm³/mol. The van der Waals surface area contributed by atoms with Crippen LogP contribution in [0.5, 0.6) is 5.75 Å². The number of ether oxygens (including phenoxy) is 1. The zero-order valence-corrected chi connectivity index (χ0v) is 22.6. The second-order valence-corrected chi connectivity index (χ2v) is 10.3. The lowest BCUT2D eigenvalue weighted by Crippen LogP contribution is -2.31. The van der Waals surface area contributed by atoms with Crippen LogP contribution in [0.15, 0.2) is 97.2 Å². The maximum atomic E-state index is 13.9. The van der Waals surface area contributed by atoms with E-state index in [0.29, 0.717) is 17.9 Å². The Labute approximate surface area is 234 Å². The lowest BCUT2D eigenvalue weighted by molar-refractivity contribution is 0.229. The molecule has 5 aromatic rings. The molecule has 0 bridgehead atoms. The first-order valence-electron chi connectivity index (χ1n) is 14.0. The number of hydrogen-bond acceptors (Lipinski definition) is 5. The topological polar surface area (TPSA) is 46.4 Å². The molecule has 1 aliphatic rings. The fourth-order valence-corrected chi connectivity index (χ4v) is 5.40. The van der Waals surface area contributed by atoms with Gasteiger partial charge in [0.05, 0.1) is 17.6 Å². The molecule has 0 N–H and O–H groups in total. The first-order valence-corrected chi connectivity index (χ1v) is 14.0. The summed E-state index contributed by atoms with van der Waals surface area (Å²) < 4.78 is 22.0. The Bertz CT molecular complexity index is 1520. The number of rotatable bonds is 9. The number of nitrogens with zero attached hydrogens (tertiary/aromatic N) is 5. The Morgan fingerprint density at radius 1 is 0.800 bits per heavy atom. The van der Waals surface area contributed by atoms with Gasteiger partial charge in [0.2, 0.25) is 0 Å². The van der Waals surface area contributed by atoms with E-state index < -0.39 is 0 Å². The Morgan fingerprint density at radius 2 is 1.60 bits per heavy atom. The average molecular weight is 536 g/mol. The largest absolute Gasteiger partial charge is 0.494 e. The van der Waals surface area contributed by atoms with E-state index in [1.54, 1.807) is 12.3 Å². The number of imidazole rings is 1. The monoisotopic (exact) mass is 535 g/mol. The van der Waals surface area contributed by atoms with Crippen molar-refractivity contribution in [3.8, 4) is 23.0 Å². The molecule has 1 saturated heterocycles. The summed E-state index contributed by atoms with van der Waals surface area (Å²) >= 11 is 0. The van der Waals surface area contributed by atoms with Crippen LogP contribution in [0.1, 0.15) is 18.4 Å². The van der Waals surface area contributed by atoms with Gasteiger partial charge in [-0.3, -0.25) is 14.5 Å². The molecule has 1 fully saturated rings. The third-order valence-corrected chi connectivity index (χ3v) is 7.42. The van der Waals surface area contributed by atoms with Crippen LogP contribution in [0.25, 0.3) is 28.2 Å². The molecule has 0 unspecified atom stereocenters. The van der Waals surface area contributed by atoms with Gasteiger partial charge in [0.1, 0.15) is 17.3 Å². The lowest BCUT2D eigenvalue weighted by Gasteiger charge is -2.22. The zero-order chi connectivity index (χ0) is 27.1. The van der Waals surface area contributed by atoms with E-state index in [1.807, 2.05) is 47.0 Å². The minimum atomic E-state index is -0.307. The standard InChI is InChI=1S/C33H34FN5O/c34-27-11-16-32-31(24-27)36-33(30-10-4-5-17-35-30)39(32)28-12-14-29(15-13-28)40-23-7-20-37-18-6-19-38(22-21-37)25-26-8-2-1-3-9-26/h1-5,8-17,24H,6-7,18-23,25H2. The minimum Gasteiger partial charge on any atom is -0.494 e. The van der Waals surface area contributed by atoms with Crippen molar-refractivity contribution in [1.82, 2.24) is 24.3 Å². The maximum Gasteiger partial charge on any atom is 0.164 e. The van der Waals surface area contributed by atoms with Crippen molar-refractivity contribution in [1.29, 1.82) is 0 Å². The molecule has 0 amide bonds. The molecule has 0 saturated carbocycles. The van der Waals surface area contributed by atoms with Gasteiger partial charge in [0, 0.05) is 44.1 Å². The molecule has 0 spiro atoms. The Hall–Kier alpha value is -4.07. The van der Waals surface area contributed by atoms with E-state index in [4.69, 9.17) is 9.72 Å². The molecule has 0 radical (unpaired) electrons. The third-order valence-electron chi connectivity index (χ3n) is 7.42. The van der Waals surface area contributed by atoms with E-state index in [0.717, 1.165) is 68.3 Å². The summed E-state index contributed by atoms with van der Waals surface area (Å²) in [7, 11) is 0. The van der Waals surface area contributed by atoms with Crippen molar-refractivity contribution < 1.29 is 9.13 Å². The first kappa shape index (κ1) is 26.2. The van der Waals surface area contributed by atoms with Crippen LogP contribution in [-0.2, 0) is 6.54 Å². The molecule has 40 heavy (non-hydrogen) atoms. The molecule has 6 nitrogen and oxygen atoms in total. The van der Waals surface area contributed by atoms with Crippen molar-refractivity contribution in [3.63, 3.8) is 0 Å². The SMILES string of the molecule is Fc1ccc2c(c1)nc(-c1ccccn1)n2-c1ccc(OCCCN2CCCN(Cc3ccccc3)CC2)cc1. The predicted octanol–water partition coefficient (Wildman–Crippen LogP) is 6.20. The van der Waals surface area contributed by atoms with Crippen LogP contribution in [0, 0.1) is 5.82 Å². The summed E-state index contributed by atoms with van der Waals surface area (Å²) in [5.74, 6) is 1.20. The fraction of sp³-hybridized carbons (Fsp3) is 0.273. The summed E-state index contributed by atoms with van der Waals surface area (Å²) in [6.07, 6.45) is 3.93. The molecule has 2 aromatic heterocycles. The second-order valence-electron chi connectivity index (χ2n) is 10.3. The van der Waals surface area contributed by atoms with Gasteiger partial charge in [-0.05, 0) is 80.0 Å². The number of pyridine rings is 1. The molecule has 3 aromatic carbocycles. The number of halogens is 1. The van der Waals surface area contributed by atoms with Gasteiger partial charge in [-0.1, -0.05) is 36.4 Å². The summed E-state index contributed by atoms with van der Waals surface area (Å²) in [5.41, 5.74) is 4.47. The maximum absolute atomic E-state index is 13.9. The Kier molecular flexibility index (Phi) is 8.12. The minimum absolute atomic E-state index is 0.307. The number of aromatic nitrogens is 3. The fourth-order valence-electron chi connectivity index (χ4n) is 5.40. The summed E-state index contributed by atoms with van der Waals surface area (Å²) in [4.78, 5) is 14.3. The average Bonchev–Trinajstić information content (AvgIpc) is 3.22. The first-order chi connectivity index (χ1) is 19.7. The van der Waals surface area contributed by atoms with Crippen LogP contribution < -0.4 is 4.74 Å². The van der Waals surface area contributed by atoms with E-state index in [1.165, 1.54) is 24.1 Å². The molecular formula is C33H34FN5O. The Morgan fingerprint density at radius 3 is 2.42 bits per heavy atom. The number of fused-ring (bicyclic) bond motifs is 1. The van der Waals surface area contributed by atoms with Gasteiger partial charge in [-0.2, -0.15) is 0 Å². The highest BCUT2D eigenvalue weighted by Crippen LogP contribution is 2.29. The molecule has 1 aliphatic heterocycles. The summed E-state index contributed by atoms with van der Waals surface area (Å²) in [6, 6.07) is 29.1. The molecule has 204 valence electrons. The molecule has 0 atom stereocenters. The van der Waals surface area contributed by atoms with Crippen LogP contribution in [0.3, 0.4) is 0 Å². The van der Waals surface area contributed by atoms with Crippen molar-refractivity contribution in [3.05, 3.63) is 109 Å². The van der Waals surface area contributed by atoms with E-state index in [2.05, 4.69) is 45.1 Å². The van der Waals surface area contributed by atoms with Crippen molar-refractivity contribution in [2.24, 2.45) is 0 Å². The van der Waals surface area contributed by atoms with Crippen LogP contribution >= 0.6 is 0 Å². The quantitative estimate of drug-likeness (QED) is 0.210. The zero-order valence-electron chi connectivity index (χ0n) is 22.6. The molecular weight excluding hydrogens is 501 g/mol. The normalized spacial score (nSPS) is 14.8. The highest BCUT2D eigenvalue weighted by molar-refractivity contribution is 5.82. The third kappa shape index (κ3) is 6.22. The van der Waals surface area contributed by atoms with Gasteiger partial charge < -0.3 is 9.64 Å².